The highest BCUT2D eigenvalue weighted by Gasteiger charge is 2.33. The molecule has 1 saturated heterocycles. The van der Waals surface area contributed by atoms with Crippen LogP contribution in [0, 0.1) is 5.92 Å². The lowest BCUT2D eigenvalue weighted by Crippen LogP contribution is -2.54. The standard InChI is InChI=1S/C8H16N2O/c1-6(5-9)8-3-4-10(8)7(2)11/h6,8H,3-5,9H2,1-2H3. The summed E-state index contributed by atoms with van der Waals surface area (Å²) in [5.74, 6) is 0.634. The van der Waals surface area contributed by atoms with Crippen molar-refractivity contribution in [3.05, 3.63) is 0 Å². The molecule has 1 fully saturated rings. The molecule has 11 heavy (non-hydrogen) atoms. The van der Waals surface area contributed by atoms with Crippen LogP contribution in [-0.2, 0) is 4.79 Å². The fourth-order valence-corrected chi connectivity index (χ4v) is 1.55. The van der Waals surface area contributed by atoms with Crippen molar-refractivity contribution < 1.29 is 4.79 Å². The highest BCUT2D eigenvalue weighted by molar-refractivity contribution is 5.74. The largest absolute Gasteiger partial charge is 0.339 e. The maximum Gasteiger partial charge on any atom is 0.219 e. The lowest BCUT2D eigenvalue weighted by Gasteiger charge is -2.43. The first kappa shape index (κ1) is 8.53. The Labute approximate surface area is 67.5 Å². The normalized spacial score (nSPS) is 26.1. The minimum Gasteiger partial charge on any atom is -0.339 e. The van der Waals surface area contributed by atoms with Gasteiger partial charge in [-0.2, -0.15) is 0 Å². The van der Waals surface area contributed by atoms with Gasteiger partial charge in [0, 0.05) is 19.5 Å². The van der Waals surface area contributed by atoms with Gasteiger partial charge in [-0.25, -0.2) is 0 Å². The molecule has 0 aromatic rings. The van der Waals surface area contributed by atoms with Crippen molar-refractivity contribution in [2.75, 3.05) is 13.1 Å². The Bertz CT molecular complexity index is 158. The molecule has 0 aliphatic carbocycles. The number of nitrogens with zero attached hydrogens (tertiary/aromatic N) is 1. The number of rotatable bonds is 2. The molecular weight excluding hydrogens is 140 g/mol. The van der Waals surface area contributed by atoms with E-state index in [-0.39, 0.29) is 5.91 Å². The van der Waals surface area contributed by atoms with E-state index in [0.717, 1.165) is 13.0 Å². The molecule has 0 radical (unpaired) electrons. The summed E-state index contributed by atoms with van der Waals surface area (Å²) in [4.78, 5) is 12.8. The molecule has 0 saturated carbocycles. The summed E-state index contributed by atoms with van der Waals surface area (Å²) in [6.07, 6.45) is 1.12. The molecule has 1 aliphatic rings. The van der Waals surface area contributed by atoms with Crippen LogP contribution in [0.5, 0.6) is 0 Å². The Morgan fingerprint density at radius 1 is 1.82 bits per heavy atom. The van der Waals surface area contributed by atoms with E-state index in [1.54, 1.807) is 6.92 Å². The number of hydrogen-bond donors (Lipinski definition) is 1. The van der Waals surface area contributed by atoms with Crippen LogP contribution >= 0.6 is 0 Å². The molecule has 0 aromatic carbocycles. The van der Waals surface area contributed by atoms with E-state index in [9.17, 15) is 4.79 Å². The van der Waals surface area contributed by atoms with Gasteiger partial charge in [-0.05, 0) is 18.9 Å². The predicted molar refractivity (Wildman–Crippen MR) is 44.0 cm³/mol. The quantitative estimate of drug-likeness (QED) is 0.621. The van der Waals surface area contributed by atoms with Gasteiger partial charge in [-0.1, -0.05) is 6.92 Å². The minimum absolute atomic E-state index is 0.182. The summed E-state index contributed by atoms with van der Waals surface area (Å²) in [6.45, 7) is 5.31. The number of carbonyl (C=O) groups excluding carboxylic acids is 1. The number of hydrogen-bond acceptors (Lipinski definition) is 2. The maximum atomic E-state index is 10.9. The fourth-order valence-electron chi connectivity index (χ4n) is 1.55. The summed E-state index contributed by atoms with van der Waals surface area (Å²) in [6, 6.07) is 0.414. The third-order valence-corrected chi connectivity index (χ3v) is 2.50. The number of likely N-dealkylation sites (tertiary alicyclic amines) is 1. The van der Waals surface area contributed by atoms with Gasteiger partial charge in [0.05, 0.1) is 0 Å². The molecule has 3 heteroatoms. The predicted octanol–water partition coefficient (Wildman–Crippen LogP) is 0.202. The molecule has 3 nitrogen and oxygen atoms in total. The molecule has 1 rings (SSSR count). The Hall–Kier alpha value is -0.570. The van der Waals surface area contributed by atoms with Crippen molar-refractivity contribution in [1.29, 1.82) is 0 Å². The summed E-state index contributed by atoms with van der Waals surface area (Å²) in [5, 5.41) is 0. The van der Waals surface area contributed by atoms with E-state index in [4.69, 9.17) is 5.73 Å². The Kier molecular flexibility index (Phi) is 2.49. The van der Waals surface area contributed by atoms with Crippen LogP contribution in [0.15, 0.2) is 0 Å². The zero-order chi connectivity index (χ0) is 8.43. The second kappa shape index (κ2) is 3.22. The van der Waals surface area contributed by atoms with Gasteiger partial charge in [0.2, 0.25) is 5.91 Å². The Morgan fingerprint density at radius 2 is 2.45 bits per heavy atom. The van der Waals surface area contributed by atoms with Gasteiger partial charge in [-0.3, -0.25) is 4.79 Å². The van der Waals surface area contributed by atoms with Crippen LogP contribution in [0.1, 0.15) is 20.3 Å². The van der Waals surface area contributed by atoms with E-state index in [1.807, 2.05) is 4.90 Å². The Morgan fingerprint density at radius 3 is 2.73 bits per heavy atom. The van der Waals surface area contributed by atoms with Gasteiger partial charge in [0.15, 0.2) is 0 Å². The van der Waals surface area contributed by atoms with E-state index in [2.05, 4.69) is 6.92 Å². The average molecular weight is 156 g/mol. The van der Waals surface area contributed by atoms with E-state index in [0.29, 0.717) is 18.5 Å². The zero-order valence-electron chi connectivity index (χ0n) is 7.21. The van der Waals surface area contributed by atoms with Crippen LogP contribution in [0.2, 0.25) is 0 Å². The molecule has 0 spiro atoms. The molecule has 1 amide bonds. The van der Waals surface area contributed by atoms with Gasteiger partial charge < -0.3 is 10.6 Å². The minimum atomic E-state index is 0.182. The van der Waals surface area contributed by atoms with E-state index < -0.39 is 0 Å². The van der Waals surface area contributed by atoms with Crippen molar-refractivity contribution in [2.45, 2.75) is 26.3 Å². The molecular formula is C8H16N2O. The maximum absolute atomic E-state index is 10.9. The van der Waals surface area contributed by atoms with Gasteiger partial charge in [-0.15, -0.1) is 0 Å². The van der Waals surface area contributed by atoms with E-state index >= 15 is 0 Å². The van der Waals surface area contributed by atoms with Crippen molar-refractivity contribution >= 4 is 5.91 Å². The van der Waals surface area contributed by atoms with Crippen LogP contribution in [-0.4, -0.2) is 29.9 Å². The van der Waals surface area contributed by atoms with Crippen LogP contribution in [0.4, 0.5) is 0 Å². The molecule has 2 atom stereocenters. The van der Waals surface area contributed by atoms with Crippen LogP contribution < -0.4 is 5.73 Å². The number of carbonyl (C=O) groups is 1. The summed E-state index contributed by atoms with van der Waals surface area (Å²) in [7, 11) is 0. The molecule has 0 aromatic heterocycles. The third-order valence-electron chi connectivity index (χ3n) is 2.50. The lowest BCUT2D eigenvalue weighted by molar-refractivity contribution is -0.138. The molecule has 1 heterocycles. The molecule has 64 valence electrons. The van der Waals surface area contributed by atoms with E-state index in [1.165, 1.54) is 0 Å². The smallest absolute Gasteiger partial charge is 0.219 e. The highest BCUT2D eigenvalue weighted by atomic mass is 16.2. The van der Waals surface area contributed by atoms with Crippen LogP contribution in [0.3, 0.4) is 0 Å². The summed E-state index contributed by atoms with van der Waals surface area (Å²) in [5.41, 5.74) is 5.51. The highest BCUT2D eigenvalue weighted by Crippen LogP contribution is 2.23. The average Bonchev–Trinajstić information content (AvgIpc) is 1.83. The summed E-state index contributed by atoms with van der Waals surface area (Å²) >= 11 is 0. The Balaban J connectivity index is 2.42. The van der Waals surface area contributed by atoms with Crippen molar-refractivity contribution in [2.24, 2.45) is 11.7 Å². The zero-order valence-corrected chi connectivity index (χ0v) is 7.21. The van der Waals surface area contributed by atoms with Crippen molar-refractivity contribution in [3.63, 3.8) is 0 Å². The van der Waals surface area contributed by atoms with Gasteiger partial charge in [0.1, 0.15) is 0 Å². The number of nitrogens with two attached hydrogens (primary N) is 1. The molecule has 0 bridgehead atoms. The van der Waals surface area contributed by atoms with Gasteiger partial charge in [0.25, 0.3) is 0 Å². The second-order valence-electron chi connectivity index (χ2n) is 3.28. The third kappa shape index (κ3) is 1.53. The van der Waals surface area contributed by atoms with Crippen LogP contribution in [0.25, 0.3) is 0 Å². The topological polar surface area (TPSA) is 46.3 Å². The monoisotopic (exact) mass is 156 g/mol. The number of amides is 1. The first-order chi connectivity index (χ1) is 5.16. The van der Waals surface area contributed by atoms with Crippen molar-refractivity contribution in [1.82, 2.24) is 4.90 Å². The first-order valence-corrected chi connectivity index (χ1v) is 4.14. The van der Waals surface area contributed by atoms with Gasteiger partial charge >= 0.3 is 0 Å². The SMILES string of the molecule is CC(=O)N1CCC1C(C)CN. The molecule has 2 unspecified atom stereocenters. The van der Waals surface area contributed by atoms with Crippen molar-refractivity contribution in [3.8, 4) is 0 Å². The fraction of sp³-hybridized carbons (Fsp3) is 0.875. The molecule has 2 N–H and O–H groups in total. The lowest BCUT2D eigenvalue weighted by atomic mass is 9.90. The molecule has 1 aliphatic heterocycles. The summed E-state index contributed by atoms with van der Waals surface area (Å²) < 4.78 is 0. The second-order valence-corrected chi connectivity index (χ2v) is 3.28. The first-order valence-electron chi connectivity index (χ1n) is 4.14.